The lowest BCUT2D eigenvalue weighted by molar-refractivity contribution is 0.0594. The summed E-state index contributed by atoms with van der Waals surface area (Å²) in [6, 6.07) is 0. The molecule has 1 fully saturated rings. The summed E-state index contributed by atoms with van der Waals surface area (Å²) in [4.78, 5) is 2.28. The van der Waals surface area contributed by atoms with Crippen molar-refractivity contribution in [1.29, 1.82) is 0 Å². The van der Waals surface area contributed by atoms with E-state index in [0.717, 1.165) is 26.3 Å². The smallest absolute Gasteiger partial charge is 0.0642 e. The van der Waals surface area contributed by atoms with E-state index in [9.17, 15) is 0 Å². The summed E-state index contributed by atoms with van der Waals surface area (Å²) in [5, 5.41) is 0. The largest absolute Gasteiger partial charge is 0.378 e. The van der Waals surface area contributed by atoms with Crippen molar-refractivity contribution in [3.63, 3.8) is 0 Å². The molecule has 84 valence electrons. The second-order valence-electron chi connectivity index (χ2n) is 4.02. The number of allylic oxidation sites excluding steroid dienone is 4. The Hall–Kier alpha value is -1.02. The zero-order valence-electron chi connectivity index (χ0n) is 9.78. The maximum atomic E-state index is 5.28. The molecular formula is C13H21NO. The average molecular weight is 207 g/mol. The number of nitrogens with zero attached hydrogens (tertiary/aromatic N) is 1. The van der Waals surface area contributed by atoms with Gasteiger partial charge in [-0.25, -0.2) is 0 Å². The minimum Gasteiger partial charge on any atom is -0.378 e. The number of morpholine rings is 1. The Morgan fingerprint density at radius 1 is 1.33 bits per heavy atom. The fourth-order valence-corrected chi connectivity index (χ4v) is 1.50. The highest BCUT2D eigenvalue weighted by atomic mass is 16.5. The van der Waals surface area contributed by atoms with Crippen molar-refractivity contribution in [2.24, 2.45) is 5.92 Å². The van der Waals surface area contributed by atoms with Crippen LogP contribution in [0.3, 0.4) is 0 Å². The van der Waals surface area contributed by atoms with Gasteiger partial charge in [-0.2, -0.15) is 0 Å². The molecule has 0 aromatic carbocycles. The summed E-state index contributed by atoms with van der Waals surface area (Å²) in [5.74, 6) is 0.539. The molecule has 1 heterocycles. The highest BCUT2D eigenvalue weighted by Gasteiger charge is 2.04. The van der Waals surface area contributed by atoms with Crippen LogP contribution in [0.1, 0.15) is 13.8 Å². The van der Waals surface area contributed by atoms with Gasteiger partial charge in [0.1, 0.15) is 0 Å². The lowest BCUT2D eigenvalue weighted by Crippen LogP contribution is -2.31. The van der Waals surface area contributed by atoms with E-state index in [0.29, 0.717) is 5.92 Å². The molecule has 1 aliphatic rings. The van der Waals surface area contributed by atoms with Gasteiger partial charge in [0.2, 0.25) is 0 Å². The second-order valence-corrected chi connectivity index (χ2v) is 4.02. The fourth-order valence-electron chi connectivity index (χ4n) is 1.50. The molecule has 0 aromatic rings. The molecular weight excluding hydrogens is 186 g/mol. The Labute approximate surface area is 92.9 Å². The maximum absolute atomic E-state index is 5.28. The van der Waals surface area contributed by atoms with Crippen LogP contribution in [-0.2, 0) is 4.74 Å². The number of hydrogen-bond donors (Lipinski definition) is 0. The summed E-state index contributed by atoms with van der Waals surface area (Å²) in [5.41, 5.74) is 1.28. The van der Waals surface area contributed by atoms with Crippen molar-refractivity contribution < 1.29 is 4.74 Å². The predicted octanol–water partition coefficient (Wildman–Crippen LogP) is 2.60. The molecule has 1 saturated heterocycles. The van der Waals surface area contributed by atoms with Crippen LogP contribution in [-0.4, -0.2) is 31.2 Å². The number of ether oxygens (including phenoxy) is 1. The van der Waals surface area contributed by atoms with Gasteiger partial charge in [-0.1, -0.05) is 32.6 Å². The molecule has 0 aromatic heterocycles. The van der Waals surface area contributed by atoms with Crippen LogP contribution >= 0.6 is 0 Å². The number of rotatable bonds is 4. The summed E-state index contributed by atoms with van der Waals surface area (Å²) in [7, 11) is 0. The van der Waals surface area contributed by atoms with Gasteiger partial charge >= 0.3 is 0 Å². The molecule has 0 spiro atoms. The first-order valence-electron chi connectivity index (χ1n) is 5.56. The Balaban J connectivity index is 2.45. The lowest BCUT2D eigenvalue weighted by Gasteiger charge is -2.24. The zero-order chi connectivity index (χ0) is 11.1. The maximum Gasteiger partial charge on any atom is 0.0642 e. The Kier molecular flexibility index (Phi) is 5.19. The Bertz CT molecular complexity index is 247. The van der Waals surface area contributed by atoms with E-state index >= 15 is 0 Å². The van der Waals surface area contributed by atoms with Crippen LogP contribution in [0.15, 0.2) is 36.6 Å². The monoisotopic (exact) mass is 207 g/mol. The molecule has 2 nitrogen and oxygen atoms in total. The molecule has 0 aliphatic carbocycles. The molecule has 0 saturated carbocycles. The van der Waals surface area contributed by atoms with E-state index in [2.05, 4.69) is 43.7 Å². The molecule has 0 radical (unpaired) electrons. The van der Waals surface area contributed by atoms with Gasteiger partial charge in [0.15, 0.2) is 0 Å². The van der Waals surface area contributed by atoms with Gasteiger partial charge in [0.05, 0.1) is 13.2 Å². The Morgan fingerprint density at radius 3 is 2.53 bits per heavy atom. The molecule has 15 heavy (non-hydrogen) atoms. The van der Waals surface area contributed by atoms with E-state index in [1.165, 1.54) is 5.57 Å². The van der Waals surface area contributed by atoms with Gasteiger partial charge in [-0.05, 0) is 23.8 Å². The molecule has 1 rings (SSSR count). The van der Waals surface area contributed by atoms with Crippen molar-refractivity contribution >= 4 is 0 Å². The van der Waals surface area contributed by atoms with Gasteiger partial charge in [-0.15, -0.1) is 0 Å². The van der Waals surface area contributed by atoms with Crippen LogP contribution < -0.4 is 0 Å². The molecule has 0 bridgehead atoms. The average Bonchev–Trinajstić information content (AvgIpc) is 2.25. The minimum absolute atomic E-state index is 0.539. The van der Waals surface area contributed by atoms with Crippen molar-refractivity contribution in [2.75, 3.05) is 26.3 Å². The SMILES string of the molecule is C=C/C(=C\C=C\N1CCOCC1)C(C)C. The molecule has 0 amide bonds. The molecule has 1 aliphatic heterocycles. The van der Waals surface area contributed by atoms with Crippen LogP contribution in [0.4, 0.5) is 0 Å². The van der Waals surface area contributed by atoms with E-state index in [-0.39, 0.29) is 0 Å². The molecule has 0 unspecified atom stereocenters. The van der Waals surface area contributed by atoms with E-state index in [1.54, 1.807) is 0 Å². The van der Waals surface area contributed by atoms with E-state index < -0.39 is 0 Å². The predicted molar refractivity (Wildman–Crippen MR) is 64.7 cm³/mol. The summed E-state index contributed by atoms with van der Waals surface area (Å²) in [6.07, 6.45) is 8.29. The van der Waals surface area contributed by atoms with Crippen LogP contribution in [0.5, 0.6) is 0 Å². The summed E-state index contributed by atoms with van der Waals surface area (Å²) < 4.78 is 5.28. The van der Waals surface area contributed by atoms with Crippen molar-refractivity contribution in [1.82, 2.24) is 4.90 Å². The normalized spacial score (nSPS) is 18.9. The quantitative estimate of drug-likeness (QED) is 0.657. The van der Waals surface area contributed by atoms with Crippen molar-refractivity contribution in [3.8, 4) is 0 Å². The van der Waals surface area contributed by atoms with Crippen LogP contribution in [0.25, 0.3) is 0 Å². The van der Waals surface area contributed by atoms with Crippen molar-refractivity contribution in [2.45, 2.75) is 13.8 Å². The second kappa shape index (κ2) is 6.46. The van der Waals surface area contributed by atoms with E-state index in [1.807, 2.05) is 6.08 Å². The third kappa shape index (κ3) is 4.34. The van der Waals surface area contributed by atoms with Crippen molar-refractivity contribution in [3.05, 3.63) is 36.6 Å². The van der Waals surface area contributed by atoms with Gasteiger partial charge in [-0.3, -0.25) is 0 Å². The van der Waals surface area contributed by atoms with Gasteiger partial charge in [0, 0.05) is 13.1 Å². The third-order valence-electron chi connectivity index (χ3n) is 2.53. The minimum atomic E-state index is 0.539. The van der Waals surface area contributed by atoms with E-state index in [4.69, 9.17) is 4.74 Å². The first kappa shape index (κ1) is 12.1. The lowest BCUT2D eigenvalue weighted by atomic mass is 10.0. The first-order chi connectivity index (χ1) is 7.24. The standard InChI is InChI=1S/C13H21NO/c1-4-13(12(2)3)6-5-7-14-8-10-15-11-9-14/h4-7,12H,1,8-11H2,2-3H3/b7-5+,13-6+. The molecule has 0 N–H and O–H groups in total. The number of hydrogen-bond acceptors (Lipinski definition) is 2. The molecule has 0 atom stereocenters. The summed E-state index contributed by atoms with van der Waals surface area (Å²) in [6.45, 7) is 11.8. The topological polar surface area (TPSA) is 12.5 Å². The van der Waals surface area contributed by atoms with Crippen LogP contribution in [0.2, 0.25) is 0 Å². The molecule has 2 heteroatoms. The van der Waals surface area contributed by atoms with Gasteiger partial charge < -0.3 is 9.64 Å². The zero-order valence-corrected chi connectivity index (χ0v) is 9.78. The first-order valence-corrected chi connectivity index (χ1v) is 5.56. The van der Waals surface area contributed by atoms with Crippen LogP contribution in [0, 0.1) is 5.92 Å². The van der Waals surface area contributed by atoms with Gasteiger partial charge in [0.25, 0.3) is 0 Å². The Morgan fingerprint density at radius 2 is 2.00 bits per heavy atom. The fraction of sp³-hybridized carbons (Fsp3) is 0.538. The summed E-state index contributed by atoms with van der Waals surface area (Å²) >= 11 is 0. The third-order valence-corrected chi connectivity index (χ3v) is 2.53. The highest BCUT2D eigenvalue weighted by Crippen LogP contribution is 2.10. The highest BCUT2D eigenvalue weighted by molar-refractivity contribution is 5.23.